The highest BCUT2D eigenvalue weighted by atomic mass is 35.5. The number of carbonyl (C=O) groups excluding carboxylic acids is 2. The molecule has 2 aromatic carbocycles. The van der Waals surface area contributed by atoms with Crippen LogP contribution >= 0.6 is 23.2 Å². The highest BCUT2D eigenvalue weighted by Crippen LogP contribution is 2.28. The molecule has 3 nitrogen and oxygen atoms in total. The van der Waals surface area contributed by atoms with Gasteiger partial charge in [-0.1, -0.05) is 53.0 Å². The number of rotatable bonds is 4. The van der Waals surface area contributed by atoms with Gasteiger partial charge in [0.05, 0.1) is 22.2 Å². The average molecular weight is 337 g/mol. The zero-order chi connectivity index (χ0) is 16.3. The number of ketones is 1. The van der Waals surface area contributed by atoms with Crippen LogP contribution in [0, 0.1) is 6.92 Å². The van der Waals surface area contributed by atoms with Crippen molar-refractivity contribution in [2.75, 3.05) is 6.61 Å². The lowest BCUT2D eigenvalue weighted by Gasteiger charge is -2.10. The molecule has 0 radical (unpaired) electrons. The predicted octanol–water partition coefficient (Wildman–Crippen LogP) is 4.71. The summed E-state index contributed by atoms with van der Waals surface area (Å²) in [6.07, 6.45) is 0. The van der Waals surface area contributed by atoms with E-state index in [9.17, 15) is 9.59 Å². The number of halogens is 2. The van der Waals surface area contributed by atoms with E-state index < -0.39 is 5.97 Å². The zero-order valence-corrected chi connectivity index (χ0v) is 13.7. The maximum absolute atomic E-state index is 12.6. The zero-order valence-electron chi connectivity index (χ0n) is 12.2. The van der Waals surface area contributed by atoms with Gasteiger partial charge in [0.15, 0.2) is 5.78 Å². The number of benzene rings is 2. The fourth-order valence-corrected chi connectivity index (χ4v) is 2.30. The van der Waals surface area contributed by atoms with E-state index in [2.05, 4.69) is 0 Å². The van der Waals surface area contributed by atoms with Crippen molar-refractivity contribution < 1.29 is 14.3 Å². The van der Waals surface area contributed by atoms with Gasteiger partial charge in [-0.25, -0.2) is 4.79 Å². The second-order valence-corrected chi connectivity index (χ2v) is 5.54. The topological polar surface area (TPSA) is 43.4 Å². The van der Waals surface area contributed by atoms with E-state index in [4.69, 9.17) is 27.9 Å². The first-order valence-corrected chi connectivity index (χ1v) is 7.47. The Morgan fingerprint density at radius 2 is 1.55 bits per heavy atom. The van der Waals surface area contributed by atoms with Crippen molar-refractivity contribution in [1.29, 1.82) is 0 Å². The Morgan fingerprint density at radius 1 is 1.00 bits per heavy atom. The summed E-state index contributed by atoms with van der Waals surface area (Å²) in [5.41, 5.74) is 1.80. The molecule has 0 aliphatic heterocycles. The quantitative estimate of drug-likeness (QED) is 0.599. The van der Waals surface area contributed by atoms with Gasteiger partial charge in [-0.2, -0.15) is 0 Å². The molecule has 0 bridgehead atoms. The van der Waals surface area contributed by atoms with Crippen LogP contribution in [0.25, 0.3) is 0 Å². The van der Waals surface area contributed by atoms with Crippen LogP contribution in [0.15, 0.2) is 36.4 Å². The second-order valence-electron chi connectivity index (χ2n) is 4.73. The van der Waals surface area contributed by atoms with E-state index in [1.165, 1.54) is 12.1 Å². The highest BCUT2D eigenvalue weighted by Gasteiger charge is 2.21. The summed E-state index contributed by atoms with van der Waals surface area (Å²) in [5, 5.41) is 0.412. The van der Waals surface area contributed by atoms with E-state index >= 15 is 0 Å². The number of hydrogen-bond donors (Lipinski definition) is 0. The minimum absolute atomic E-state index is 0.113. The molecule has 114 valence electrons. The third kappa shape index (κ3) is 3.49. The molecule has 0 aliphatic carbocycles. The molecular formula is C17H14Cl2O3. The lowest BCUT2D eigenvalue weighted by molar-refractivity contribution is 0.0523. The summed E-state index contributed by atoms with van der Waals surface area (Å²) in [5.74, 6) is -0.904. The van der Waals surface area contributed by atoms with E-state index in [1.807, 2.05) is 19.1 Å². The lowest BCUT2D eigenvalue weighted by atomic mass is 9.97. The predicted molar refractivity (Wildman–Crippen MR) is 87.0 cm³/mol. The van der Waals surface area contributed by atoms with Gasteiger partial charge in [-0.3, -0.25) is 4.79 Å². The highest BCUT2D eigenvalue weighted by molar-refractivity contribution is 6.42. The van der Waals surface area contributed by atoms with E-state index in [0.717, 1.165) is 5.56 Å². The van der Waals surface area contributed by atoms with Crippen molar-refractivity contribution in [1.82, 2.24) is 0 Å². The standard InChI is InChI=1S/C17H14Cl2O3/c1-3-22-17(21)13-9-15(19)14(18)8-12(13)16(20)11-6-4-10(2)5-7-11/h4-9H,3H2,1-2H3. The van der Waals surface area contributed by atoms with Crippen LogP contribution in [0.4, 0.5) is 0 Å². The Balaban J connectivity index is 2.52. The van der Waals surface area contributed by atoms with Crippen LogP contribution in [-0.4, -0.2) is 18.4 Å². The van der Waals surface area contributed by atoms with E-state index in [-0.39, 0.29) is 33.6 Å². The fraction of sp³-hybridized carbons (Fsp3) is 0.176. The number of esters is 1. The number of hydrogen-bond acceptors (Lipinski definition) is 3. The Bertz CT molecular complexity index is 721. The SMILES string of the molecule is CCOC(=O)c1cc(Cl)c(Cl)cc1C(=O)c1ccc(C)cc1. The molecule has 0 unspecified atom stereocenters. The molecule has 5 heteroatoms. The normalized spacial score (nSPS) is 10.4. The van der Waals surface area contributed by atoms with Gasteiger partial charge in [-0.15, -0.1) is 0 Å². The van der Waals surface area contributed by atoms with Crippen LogP contribution < -0.4 is 0 Å². The number of ether oxygens (including phenoxy) is 1. The van der Waals surface area contributed by atoms with Gasteiger partial charge in [0, 0.05) is 11.1 Å². The molecule has 22 heavy (non-hydrogen) atoms. The molecule has 0 atom stereocenters. The van der Waals surface area contributed by atoms with Crippen molar-refractivity contribution in [3.05, 3.63) is 68.7 Å². The average Bonchev–Trinajstić information content (AvgIpc) is 2.50. The van der Waals surface area contributed by atoms with Crippen LogP contribution in [0.5, 0.6) is 0 Å². The summed E-state index contributed by atoms with van der Waals surface area (Å²) in [7, 11) is 0. The molecule has 0 aliphatic rings. The molecule has 0 N–H and O–H groups in total. The third-order valence-electron chi connectivity index (χ3n) is 3.11. The van der Waals surface area contributed by atoms with Gasteiger partial charge in [0.1, 0.15) is 0 Å². The Hall–Kier alpha value is -1.84. The van der Waals surface area contributed by atoms with Crippen molar-refractivity contribution >= 4 is 35.0 Å². The number of carbonyl (C=O) groups is 2. The molecule has 0 saturated carbocycles. The van der Waals surface area contributed by atoms with E-state index in [1.54, 1.807) is 19.1 Å². The monoisotopic (exact) mass is 336 g/mol. The number of aryl methyl sites for hydroxylation is 1. The summed E-state index contributed by atoms with van der Waals surface area (Å²) >= 11 is 11.9. The Kier molecular flexibility index (Phi) is 5.22. The van der Waals surface area contributed by atoms with Crippen LogP contribution in [0.3, 0.4) is 0 Å². The van der Waals surface area contributed by atoms with Crippen molar-refractivity contribution in [2.45, 2.75) is 13.8 Å². The first-order chi connectivity index (χ1) is 10.4. The molecule has 0 aromatic heterocycles. The summed E-state index contributed by atoms with van der Waals surface area (Å²) in [6.45, 7) is 3.82. The molecule has 0 spiro atoms. The largest absolute Gasteiger partial charge is 0.462 e. The molecule has 0 amide bonds. The molecule has 2 rings (SSSR count). The molecular weight excluding hydrogens is 323 g/mol. The van der Waals surface area contributed by atoms with Crippen molar-refractivity contribution in [3.8, 4) is 0 Å². The van der Waals surface area contributed by atoms with Crippen LogP contribution in [0.2, 0.25) is 10.0 Å². The lowest BCUT2D eigenvalue weighted by Crippen LogP contribution is -2.13. The third-order valence-corrected chi connectivity index (χ3v) is 3.84. The fourth-order valence-electron chi connectivity index (χ4n) is 1.97. The van der Waals surface area contributed by atoms with Crippen LogP contribution in [-0.2, 0) is 4.74 Å². The Labute approximate surface area is 138 Å². The maximum Gasteiger partial charge on any atom is 0.338 e. The van der Waals surface area contributed by atoms with Gasteiger partial charge in [-0.05, 0) is 26.0 Å². The summed E-state index contributed by atoms with van der Waals surface area (Å²) < 4.78 is 4.98. The van der Waals surface area contributed by atoms with Gasteiger partial charge in [0.2, 0.25) is 0 Å². The first-order valence-electron chi connectivity index (χ1n) is 6.71. The van der Waals surface area contributed by atoms with Gasteiger partial charge in [0.25, 0.3) is 0 Å². The van der Waals surface area contributed by atoms with Crippen molar-refractivity contribution in [2.24, 2.45) is 0 Å². The summed E-state index contributed by atoms with van der Waals surface area (Å²) in [6, 6.07) is 9.83. The smallest absolute Gasteiger partial charge is 0.338 e. The first kappa shape index (κ1) is 16.5. The molecule has 0 heterocycles. The van der Waals surface area contributed by atoms with Gasteiger partial charge >= 0.3 is 5.97 Å². The maximum atomic E-state index is 12.6. The Morgan fingerprint density at radius 3 is 2.09 bits per heavy atom. The summed E-state index contributed by atoms with van der Waals surface area (Å²) in [4.78, 5) is 24.7. The van der Waals surface area contributed by atoms with Crippen molar-refractivity contribution in [3.63, 3.8) is 0 Å². The molecule has 2 aromatic rings. The molecule has 0 fully saturated rings. The van der Waals surface area contributed by atoms with Gasteiger partial charge < -0.3 is 4.74 Å². The minimum Gasteiger partial charge on any atom is -0.462 e. The van der Waals surface area contributed by atoms with E-state index in [0.29, 0.717) is 5.56 Å². The molecule has 0 saturated heterocycles. The van der Waals surface area contributed by atoms with Crippen LogP contribution in [0.1, 0.15) is 38.8 Å². The second kappa shape index (κ2) is 6.95. The minimum atomic E-state index is -0.600.